The molecular formula is C15H19N7OS. The van der Waals surface area contributed by atoms with Crippen LogP contribution in [0.2, 0.25) is 0 Å². The minimum Gasteiger partial charge on any atom is -0.376 e. The van der Waals surface area contributed by atoms with Crippen LogP contribution in [0.4, 0.5) is 5.82 Å². The molecule has 0 spiro atoms. The third-order valence-corrected chi connectivity index (χ3v) is 5.10. The van der Waals surface area contributed by atoms with Gasteiger partial charge in [-0.15, -0.1) is 26.2 Å². The van der Waals surface area contributed by atoms with Crippen LogP contribution in [-0.2, 0) is 4.74 Å². The van der Waals surface area contributed by atoms with Crippen LogP contribution in [0.3, 0.4) is 0 Å². The molecule has 1 fully saturated rings. The van der Waals surface area contributed by atoms with E-state index in [1.807, 2.05) is 12.1 Å². The highest BCUT2D eigenvalue weighted by atomic mass is 32.1. The monoisotopic (exact) mass is 345 g/mol. The highest BCUT2D eigenvalue weighted by Gasteiger charge is 2.26. The SMILES string of the molecule is C[C@@H]1CN([C@@H](CNc2ccc3nnnn3n2)c2cccs2)CCO1. The summed E-state index contributed by atoms with van der Waals surface area (Å²) in [6, 6.07) is 8.34. The van der Waals surface area contributed by atoms with Crippen LogP contribution < -0.4 is 5.32 Å². The molecule has 126 valence electrons. The van der Waals surface area contributed by atoms with Gasteiger partial charge in [0.15, 0.2) is 5.65 Å². The van der Waals surface area contributed by atoms with Gasteiger partial charge >= 0.3 is 0 Å². The number of hydrogen-bond donors (Lipinski definition) is 1. The van der Waals surface area contributed by atoms with Crippen molar-refractivity contribution in [1.29, 1.82) is 0 Å². The summed E-state index contributed by atoms with van der Waals surface area (Å²) in [5, 5.41) is 21.2. The van der Waals surface area contributed by atoms with Crippen molar-refractivity contribution in [2.24, 2.45) is 0 Å². The smallest absolute Gasteiger partial charge is 0.200 e. The average molecular weight is 345 g/mol. The molecule has 9 heteroatoms. The predicted octanol–water partition coefficient (Wildman–Crippen LogP) is 1.45. The summed E-state index contributed by atoms with van der Waals surface area (Å²) in [6.07, 6.45) is 0.261. The molecule has 0 amide bonds. The zero-order valence-corrected chi connectivity index (χ0v) is 14.2. The number of tetrazole rings is 1. The van der Waals surface area contributed by atoms with E-state index in [2.05, 4.69) is 55.3 Å². The van der Waals surface area contributed by atoms with Gasteiger partial charge in [0.2, 0.25) is 0 Å². The van der Waals surface area contributed by atoms with Crippen LogP contribution in [0, 0.1) is 0 Å². The van der Waals surface area contributed by atoms with Gasteiger partial charge in [-0.3, -0.25) is 4.90 Å². The van der Waals surface area contributed by atoms with Gasteiger partial charge in [-0.2, -0.15) is 0 Å². The van der Waals surface area contributed by atoms with Crippen molar-refractivity contribution in [3.05, 3.63) is 34.5 Å². The fourth-order valence-electron chi connectivity index (χ4n) is 2.96. The molecule has 0 bridgehead atoms. The van der Waals surface area contributed by atoms with Crippen molar-refractivity contribution in [2.45, 2.75) is 19.1 Å². The van der Waals surface area contributed by atoms with Crippen LogP contribution in [0.5, 0.6) is 0 Å². The Balaban J connectivity index is 1.51. The number of hydrogen-bond acceptors (Lipinski definition) is 8. The second-order valence-electron chi connectivity index (χ2n) is 5.83. The normalized spacial score (nSPS) is 20.3. The van der Waals surface area contributed by atoms with Gasteiger partial charge in [0.05, 0.1) is 18.8 Å². The Kier molecular flexibility index (Phi) is 4.37. The number of nitrogens with one attached hydrogen (secondary N) is 1. The average Bonchev–Trinajstić information content (AvgIpc) is 3.26. The quantitative estimate of drug-likeness (QED) is 0.750. The Morgan fingerprint density at radius 1 is 1.42 bits per heavy atom. The van der Waals surface area contributed by atoms with Crippen LogP contribution in [-0.4, -0.2) is 62.5 Å². The lowest BCUT2D eigenvalue weighted by atomic mass is 10.1. The molecule has 4 rings (SSSR count). The van der Waals surface area contributed by atoms with E-state index in [0.29, 0.717) is 11.7 Å². The van der Waals surface area contributed by atoms with E-state index < -0.39 is 0 Å². The molecule has 1 saturated heterocycles. The van der Waals surface area contributed by atoms with E-state index in [1.165, 1.54) is 9.51 Å². The summed E-state index contributed by atoms with van der Waals surface area (Å²) in [5.74, 6) is 0.762. The lowest BCUT2D eigenvalue weighted by Gasteiger charge is -2.37. The number of thiophene rings is 1. The first-order valence-corrected chi connectivity index (χ1v) is 8.86. The van der Waals surface area contributed by atoms with E-state index in [1.54, 1.807) is 11.3 Å². The van der Waals surface area contributed by atoms with Gasteiger partial charge in [0, 0.05) is 24.5 Å². The minimum atomic E-state index is 0.261. The largest absolute Gasteiger partial charge is 0.376 e. The summed E-state index contributed by atoms with van der Waals surface area (Å²) in [5.41, 5.74) is 0.636. The Morgan fingerprint density at radius 2 is 2.38 bits per heavy atom. The molecule has 1 N–H and O–H groups in total. The van der Waals surface area contributed by atoms with Gasteiger partial charge < -0.3 is 10.1 Å². The predicted molar refractivity (Wildman–Crippen MR) is 91.1 cm³/mol. The Morgan fingerprint density at radius 3 is 3.21 bits per heavy atom. The molecule has 1 aliphatic rings. The second-order valence-corrected chi connectivity index (χ2v) is 6.81. The van der Waals surface area contributed by atoms with Crippen molar-refractivity contribution in [1.82, 2.24) is 30.2 Å². The van der Waals surface area contributed by atoms with Crippen molar-refractivity contribution in [3.63, 3.8) is 0 Å². The maximum Gasteiger partial charge on any atom is 0.200 e. The molecule has 3 aromatic heterocycles. The summed E-state index contributed by atoms with van der Waals surface area (Å²) in [7, 11) is 0. The number of anilines is 1. The highest BCUT2D eigenvalue weighted by molar-refractivity contribution is 7.10. The number of rotatable bonds is 5. The Labute approximate surface area is 143 Å². The van der Waals surface area contributed by atoms with Crippen molar-refractivity contribution in [2.75, 3.05) is 31.6 Å². The molecule has 4 heterocycles. The van der Waals surface area contributed by atoms with Crippen molar-refractivity contribution < 1.29 is 4.74 Å². The van der Waals surface area contributed by atoms with Gasteiger partial charge in [0.25, 0.3) is 0 Å². The van der Waals surface area contributed by atoms with Gasteiger partial charge in [-0.25, -0.2) is 0 Å². The second kappa shape index (κ2) is 6.80. The van der Waals surface area contributed by atoms with Gasteiger partial charge in [0.1, 0.15) is 5.82 Å². The fourth-order valence-corrected chi connectivity index (χ4v) is 3.82. The number of aromatic nitrogens is 5. The van der Waals surface area contributed by atoms with E-state index in [0.717, 1.165) is 32.1 Å². The van der Waals surface area contributed by atoms with Crippen molar-refractivity contribution in [3.8, 4) is 0 Å². The third kappa shape index (κ3) is 3.23. The molecule has 0 unspecified atom stereocenters. The third-order valence-electron chi connectivity index (χ3n) is 4.13. The first-order valence-electron chi connectivity index (χ1n) is 7.98. The summed E-state index contributed by atoms with van der Waals surface area (Å²) < 4.78 is 7.11. The molecule has 8 nitrogen and oxygen atoms in total. The van der Waals surface area contributed by atoms with Gasteiger partial charge in [-0.1, -0.05) is 6.07 Å². The van der Waals surface area contributed by atoms with Crippen LogP contribution in [0.15, 0.2) is 29.6 Å². The summed E-state index contributed by atoms with van der Waals surface area (Å²) >= 11 is 1.78. The molecular weight excluding hydrogens is 326 g/mol. The number of fused-ring (bicyclic) bond motifs is 1. The molecule has 3 aromatic rings. The van der Waals surface area contributed by atoms with Crippen LogP contribution >= 0.6 is 11.3 Å². The van der Waals surface area contributed by atoms with Crippen LogP contribution in [0.25, 0.3) is 5.65 Å². The number of ether oxygens (including phenoxy) is 1. The maximum absolute atomic E-state index is 5.68. The van der Waals surface area contributed by atoms with Gasteiger partial charge in [-0.05, 0) is 40.9 Å². The van der Waals surface area contributed by atoms with E-state index in [-0.39, 0.29) is 6.10 Å². The van der Waals surface area contributed by atoms with Crippen LogP contribution in [0.1, 0.15) is 17.8 Å². The fraction of sp³-hybridized carbons (Fsp3) is 0.467. The minimum absolute atomic E-state index is 0.261. The Bertz CT molecular complexity index is 790. The lowest BCUT2D eigenvalue weighted by molar-refractivity contribution is -0.0322. The standard InChI is InChI=1S/C15H19N7OS/c1-11-10-21(6-7-23-11)12(13-3-2-8-24-13)9-16-14-4-5-15-17-19-20-22(15)18-14/h2-5,8,11-12H,6-7,9-10H2,1H3,(H,16,18)/t11-,12+/m1/s1. The summed E-state index contributed by atoms with van der Waals surface area (Å²) in [6.45, 7) is 5.54. The first kappa shape index (κ1) is 15.4. The summed E-state index contributed by atoms with van der Waals surface area (Å²) in [4.78, 5) is 3.82. The topological polar surface area (TPSA) is 80.5 Å². The molecule has 0 radical (unpaired) electrons. The van der Waals surface area contributed by atoms with E-state index in [4.69, 9.17) is 4.74 Å². The van der Waals surface area contributed by atoms with E-state index in [9.17, 15) is 0 Å². The zero-order chi connectivity index (χ0) is 16.4. The molecule has 0 aromatic carbocycles. The van der Waals surface area contributed by atoms with E-state index >= 15 is 0 Å². The molecule has 1 aliphatic heterocycles. The molecule has 24 heavy (non-hydrogen) atoms. The maximum atomic E-state index is 5.68. The Hall–Kier alpha value is -2.10. The number of morpholine rings is 1. The van der Waals surface area contributed by atoms with Crippen molar-refractivity contribution >= 4 is 22.8 Å². The molecule has 0 saturated carbocycles. The first-order chi connectivity index (χ1) is 11.8. The zero-order valence-electron chi connectivity index (χ0n) is 13.4. The number of nitrogens with zero attached hydrogens (tertiary/aromatic N) is 6. The molecule has 0 aliphatic carbocycles. The lowest BCUT2D eigenvalue weighted by Crippen LogP contribution is -2.44. The molecule has 2 atom stereocenters. The highest BCUT2D eigenvalue weighted by Crippen LogP contribution is 2.27.